The molecule has 0 aliphatic carbocycles. The van der Waals surface area contributed by atoms with Gasteiger partial charge in [0.1, 0.15) is 0 Å². The molecular weight excluding hydrogens is 206 g/mol. The van der Waals surface area contributed by atoms with Crippen molar-refractivity contribution in [2.45, 2.75) is 38.5 Å². The van der Waals surface area contributed by atoms with E-state index in [9.17, 15) is 13.5 Å². The van der Waals surface area contributed by atoms with Crippen LogP contribution in [0.1, 0.15) is 20.8 Å². The van der Waals surface area contributed by atoms with Gasteiger partial charge in [0.05, 0.1) is 29.3 Å². The Morgan fingerprint density at radius 2 is 1.93 bits per heavy atom. The van der Waals surface area contributed by atoms with Crippen molar-refractivity contribution < 1.29 is 18.4 Å². The average molecular weight is 223 g/mol. The first-order chi connectivity index (χ1) is 6.20. The second-order valence-corrected chi connectivity index (χ2v) is 6.74. The molecule has 0 radical (unpaired) electrons. The van der Waals surface area contributed by atoms with E-state index < -0.39 is 27.6 Å². The Kier molecular flexibility index (Phi) is 3.20. The first kappa shape index (κ1) is 11.9. The zero-order valence-electron chi connectivity index (χ0n) is 8.65. The summed E-state index contributed by atoms with van der Waals surface area (Å²) in [6, 6.07) is -0.515. The highest BCUT2D eigenvalue weighted by atomic mass is 32.2. The Balaban J connectivity index is 2.48. The van der Waals surface area contributed by atoms with Gasteiger partial charge in [0.15, 0.2) is 9.84 Å². The molecule has 1 saturated heterocycles. The third kappa shape index (κ3) is 3.53. The number of hydroxylamine groups is 1. The van der Waals surface area contributed by atoms with E-state index in [1.807, 2.05) is 20.8 Å². The van der Waals surface area contributed by atoms with Gasteiger partial charge in [0, 0.05) is 0 Å². The van der Waals surface area contributed by atoms with E-state index in [-0.39, 0.29) is 11.5 Å². The molecule has 0 spiro atoms. The fourth-order valence-corrected chi connectivity index (χ4v) is 2.92. The standard InChI is InChI=1S/C8H17NO4S/c1-8(2,3)13-9-6-4-14(11,12)5-7(6)10/h6-7,9-10H,4-5H2,1-3H3. The molecule has 1 aliphatic rings. The van der Waals surface area contributed by atoms with Gasteiger partial charge in [0.25, 0.3) is 0 Å². The van der Waals surface area contributed by atoms with Crippen molar-refractivity contribution in [1.82, 2.24) is 5.48 Å². The van der Waals surface area contributed by atoms with Crippen LogP contribution in [0.25, 0.3) is 0 Å². The summed E-state index contributed by atoms with van der Waals surface area (Å²) in [5.41, 5.74) is 2.20. The molecule has 0 saturated carbocycles. The van der Waals surface area contributed by atoms with Gasteiger partial charge in [-0.25, -0.2) is 8.42 Å². The minimum absolute atomic E-state index is 0.0652. The van der Waals surface area contributed by atoms with Crippen LogP contribution in [0.4, 0.5) is 0 Å². The predicted molar refractivity (Wildman–Crippen MR) is 52.4 cm³/mol. The van der Waals surface area contributed by atoms with Gasteiger partial charge in [-0.1, -0.05) is 0 Å². The monoisotopic (exact) mass is 223 g/mol. The van der Waals surface area contributed by atoms with Crippen LogP contribution in [-0.4, -0.2) is 42.8 Å². The third-order valence-corrected chi connectivity index (χ3v) is 3.56. The summed E-state index contributed by atoms with van der Waals surface area (Å²) in [5, 5.41) is 9.40. The fraction of sp³-hybridized carbons (Fsp3) is 1.00. The Morgan fingerprint density at radius 1 is 1.36 bits per heavy atom. The van der Waals surface area contributed by atoms with Crippen LogP contribution in [0.3, 0.4) is 0 Å². The van der Waals surface area contributed by atoms with Crippen LogP contribution in [-0.2, 0) is 14.7 Å². The summed E-state index contributed by atoms with van der Waals surface area (Å²) in [7, 11) is -3.10. The Labute approximate surface area is 84.3 Å². The van der Waals surface area contributed by atoms with Crippen LogP contribution < -0.4 is 5.48 Å². The Morgan fingerprint density at radius 3 is 2.29 bits per heavy atom. The van der Waals surface area contributed by atoms with Crippen molar-refractivity contribution in [3.05, 3.63) is 0 Å². The van der Waals surface area contributed by atoms with Gasteiger partial charge in [-0.15, -0.1) is 0 Å². The molecule has 1 rings (SSSR count). The molecule has 0 bridgehead atoms. The molecular formula is C8H17NO4S. The first-order valence-electron chi connectivity index (χ1n) is 4.52. The molecule has 5 nitrogen and oxygen atoms in total. The molecule has 2 unspecified atom stereocenters. The van der Waals surface area contributed by atoms with Crippen LogP contribution >= 0.6 is 0 Å². The van der Waals surface area contributed by atoms with Gasteiger partial charge in [-0.05, 0) is 20.8 Å². The molecule has 84 valence electrons. The van der Waals surface area contributed by atoms with Gasteiger partial charge in [0.2, 0.25) is 0 Å². The molecule has 0 aromatic rings. The van der Waals surface area contributed by atoms with Gasteiger partial charge < -0.3 is 5.11 Å². The Bertz CT molecular complexity index is 293. The molecule has 0 amide bonds. The maximum absolute atomic E-state index is 11.1. The van der Waals surface area contributed by atoms with Crippen molar-refractivity contribution in [3.8, 4) is 0 Å². The highest BCUT2D eigenvalue weighted by Gasteiger charge is 2.37. The number of rotatable bonds is 2. The molecule has 0 aromatic heterocycles. The predicted octanol–water partition coefficient (Wildman–Crippen LogP) is -0.536. The maximum atomic E-state index is 11.1. The van der Waals surface area contributed by atoms with E-state index in [0.717, 1.165) is 0 Å². The van der Waals surface area contributed by atoms with Crippen LogP contribution in [0.2, 0.25) is 0 Å². The third-order valence-electron chi connectivity index (χ3n) is 1.84. The normalized spacial score (nSPS) is 32.0. The Hall–Kier alpha value is -0.170. The zero-order valence-corrected chi connectivity index (χ0v) is 9.47. The molecule has 1 heterocycles. The lowest BCUT2D eigenvalue weighted by Gasteiger charge is -2.23. The van der Waals surface area contributed by atoms with Gasteiger partial charge >= 0.3 is 0 Å². The highest BCUT2D eigenvalue weighted by Crippen LogP contribution is 2.14. The van der Waals surface area contributed by atoms with Crippen molar-refractivity contribution in [1.29, 1.82) is 0 Å². The number of nitrogens with one attached hydrogen (secondary N) is 1. The van der Waals surface area contributed by atoms with Crippen LogP contribution in [0, 0.1) is 0 Å². The maximum Gasteiger partial charge on any atom is 0.154 e. The minimum atomic E-state index is -3.10. The van der Waals surface area contributed by atoms with E-state index >= 15 is 0 Å². The van der Waals surface area contributed by atoms with Crippen LogP contribution in [0.5, 0.6) is 0 Å². The zero-order chi connectivity index (χ0) is 11.0. The molecule has 14 heavy (non-hydrogen) atoms. The number of hydrogen-bond acceptors (Lipinski definition) is 5. The summed E-state index contributed by atoms with van der Waals surface area (Å²) in [5.74, 6) is -0.248. The van der Waals surface area contributed by atoms with E-state index in [4.69, 9.17) is 4.84 Å². The van der Waals surface area contributed by atoms with Crippen molar-refractivity contribution >= 4 is 9.84 Å². The second-order valence-electron chi connectivity index (χ2n) is 4.58. The van der Waals surface area contributed by atoms with E-state index in [1.165, 1.54) is 0 Å². The first-order valence-corrected chi connectivity index (χ1v) is 6.34. The number of sulfone groups is 1. The summed E-state index contributed by atoms with van der Waals surface area (Å²) in [6.07, 6.45) is -0.873. The fourth-order valence-electron chi connectivity index (χ4n) is 1.19. The SMILES string of the molecule is CC(C)(C)ONC1CS(=O)(=O)CC1O. The molecule has 1 fully saturated rings. The quantitative estimate of drug-likeness (QED) is 0.615. The van der Waals surface area contributed by atoms with Crippen molar-refractivity contribution in [3.63, 3.8) is 0 Å². The summed E-state index contributed by atoms with van der Waals surface area (Å²) < 4.78 is 22.2. The topological polar surface area (TPSA) is 75.6 Å². The lowest BCUT2D eigenvalue weighted by atomic mass is 10.2. The van der Waals surface area contributed by atoms with Crippen molar-refractivity contribution in [2.75, 3.05) is 11.5 Å². The molecule has 1 aliphatic heterocycles. The van der Waals surface area contributed by atoms with Crippen LogP contribution in [0.15, 0.2) is 0 Å². The average Bonchev–Trinajstić information content (AvgIpc) is 2.19. The summed E-state index contributed by atoms with van der Waals surface area (Å²) in [4.78, 5) is 5.20. The molecule has 6 heteroatoms. The van der Waals surface area contributed by atoms with Crippen molar-refractivity contribution in [2.24, 2.45) is 0 Å². The summed E-state index contributed by atoms with van der Waals surface area (Å²) >= 11 is 0. The van der Waals surface area contributed by atoms with E-state index in [2.05, 4.69) is 5.48 Å². The van der Waals surface area contributed by atoms with E-state index in [1.54, 1.807) is 0 Å². The number of aliphatic hydroxyl groups excluding tert-OH is 1. The second kappa shape index (κ2) is 3.77. The van der Waals surface area contributed by atoms with Gasteiger partial charge in [-0.3, -0.25) is 4.84 Å². The lowest BCUT2D eigenvalue weighted by Crippen LogP contribution is -2.43. The molecule has 2 N–H and O–H groups in total. The molecule has 2 atom stereocenters. The smallest absolute Gasteiger partial charge is 0.154 e. The minimum Gasteiger partial charge on any atom is -0.390 e. The number of hydrogen-bond donors (Lipinski definition) is 2. The largest absolute Gasteiger partial charge is 0.390 e. The van der Waals surface area contributed by atoms with Gasteiger partial charge in [-0.2, -0.15) is 5.48 Å². The molecule has 0 aromatic carbocycles. The highest BCUT2D eigenvalue weighted by molar-refractivity contribution is 7.91. The number of aliphatic hydroxyl groups is 1. The summed E-state index contributed by atoms with van der Waals surface area (Å²) in [6.45, 7) is 5.53. The van der Waals surface area contributed by atoms with E-state index in [0.29, 0.717) is 0 Å². The lowest BCUT2D eigenvalue weighted by molar-refractivity contribution is -0.0974.